The van der Waals surface area contributed by atoms with Crippen LogP contribution in [0.25, 0.3) is 0 Å². The molecule has 2 atom stereocenters. The first-order chi connectivity index (χ1) is 10.8. The van der Waals surface area contributed by atoms with Crippen LogP contribution in [0.15, 0.2) is 18.2 Å². The topological polar surface area (TPSA) is 50.4 Å². The molecule has 1 aromatic rings. The summed E-state index contributed by atoms with van der Waals surface area (Å²) in [6.07, 6.45) is -3.72. The maximum Gasteiger partial charge on any atom is 0.413 e. The molecule has 1 heterocycles. The van der Waals surface area contributed by atoms with Crippen molar-refractivity contribution in [2.24, 2.45) is 0 Å². The minimum Gasteiger partial charge on any atom is -0.376 e. The molecule has 0 unspecified atom stereocenters. The second-order valence-electron chi connectivity index (χ2n) is 5.11. The van der Waals surface area contributed by atoms with E-state index in [0.717, 1.165) is 18.6 Å². The third kappa shape index (κ3) is 4.54. The van der Waals surface area contributed by atoms with Crippen LogP contribution in [0.5, 0.6) is 0 Å². The molecule has 2 amide bonds. The van der Waals surface area contributed by atoms with Crippen LogP contribution in [-0.2, 0) is 4.74 Å². The van der Waals surface area contributed by atoms with Gasteiger partial charge in [0.2, 0.25) is 0 Å². The summed E-state index contributed by atoms with van der Waals surface area (Å²) in [7, 11) is 0. The molecule has 0 aromatic heterocycles. The summed E-state index contributed by atoms with van der Waals surface area (Å²) in [6, 6.07) is -1.37. The summed E-state index contributed by atoms with van der Waals surface area (Å²) in [5, 5.41) is 3.87. The second kappa shape index (κ2) is 7.12. The van der Waals surface area contributed by atoms with Gasteiger partial charge in [0.25, 0.3) is 0 Å². The fourth-order valence-corrected chi connectivity index (χ4v) is 2.27. The highest BCUT2D eigenvalue weighted by Gasteiger charge is 2.43. The van der Waals surface area contributed by atoms with E-state index in [0.29, 0.717) is 19.1 Å². The first kappa shape index (κ1) is 17.5. The number of halogens is 5. The van der Waals surface area contributed by atoms with Crippen molar-refractivity contribution in [1.29, 1.82) is 0 Å². The highest BCUT2D eigenvalue weighted by atomic mass is 19.4. The molecule has 0 aliphatic carbocycles. The molecular weight excluding hydrogens is 323 g/mol. The van der Waals surface area contributed by atoms with Crippen molar-refractivity contribution in [3.63, 3.8) is 0 Å². The predicted molar refractivity (Wildman–Crippen MR) is 70.7 cm³/mol. The predicted octanol–water partition coefficient (Wildman–Crippen LogP) is 3.05. The van der Waals surface area contributed by atoms with E-state index < -0.39 is 35.4 Å². The highest BCUT2D eigenvalue weighted by molar-refractivity contribution is 5.74. The molecule has 2 N–H and O–H groups in total. The van der Waals surface area contributed by atoms with Gasteiger partial charge in [-0.2, -0.15) is 13.2 Å². The van der Waals surface area contributed by atoms with Crippen molar-refractivity contribution in [1.82, 2.24) is 10.6 Å². The van der Waals surface area contributed by atoms with Gasteiger partial charge in [0.15, 0.2) is 17.7 Å². The van der Waals surface area contributed by atoms with Crippen LogP contribution in [0.2, 0.25) is 0 Å². The lowest BCUT2D eigenvalue weighted by Gasteiger charge is -2.23. The summed E-state index contributed by atoms with van der Waals surface area (Å²) in [4.78, 5) is 11.6. The van der Waals surface area contributed by atoms with E-state index in [1.165, 1.54) is 0 Å². The van der Waals surface area contributed by atoms with Gasteiger partial charge in [-0.15, -0.1) is 0 Å². The molecule has 1 aromatic carbocycles. The van der Waals surface area contributed by atoms with E-state index in [1.54, 1.807) is 5.32 Å². The van der Waals surface area contributed by atoms with Crippen molar-refractivity contribution >= 4 is 6.03 Å². The number of ether oxygens (including phenoxy) is 1. The van der Waals surface area contributed by atoms with Gasteiger partial charge < -0.3 is 15.4 Å². The molecule has 2 rings (SSSR count). The Labute approximate surface area is 129 Å². The number of rotatable bonds is 4. The second-order valence-corrected chi connectivity index (χ2v) is 5.11. The SMILES string of the molecule is O=C(NC[C@@H]1CCCO1)N[C@H](c1cccc(F)c1F)C(F)(F)F. The van der Waals surface area contributed by atoms with Crippen LogP contribution >= 0.6 is 0 Å². The van der Waals surface area contributed by atoms with Crippen LogP contribution in [0.3, 0.4) is 0 Å². The Morgan fingerprint density at radius 2 is 2.09 bits per heavy atom. The zero-order valence-electron chi connectivity index (χ0n) is 11.9. The number of urea groups is 1. The Bertz CT molecular complexity index is 559. The fourth-order valence-electron chi connectivity index (χ4n) is 2.27. The van der Waals surface area contributed by atoms with Gasteiger partial charge in [0.1, 0.15) is 0 Å². The number of nitrogens with one attached hydrogen (secondary N) is 2. The number of hydrogen-bond donors (Lipinski definition) is 2. The summed E-state index contributed by atoms with van der Waals surface area (Å²) in [5.74, 6) is -3.06. The Morgan fingerprint density at radius 1 is 1.35 bits per heavy atom. The minimum absolute atomic E-state index is 0.0437. The normalized spacial score (nSPS) is 19.4. The van der Waals surface area contributed by atoms with E-state index in [-0.39, 0.29) is 12.6 Å². The molecule has 0 radical (unpaired) electrons. The third-order valence-electron chi connectivity index (χ3n) is 3.41. The Balaban J connectivity index is 2.06. The van der Waals surface area contributed by atoms with E-state index >= 15 is 0 Å². The summed E-state index contributed by atoms with van der Waals surface area (Å²) < 4.78 is 71.1. The first-order valence-electron chi connectivity index (χ1n) is 6.95. The largest absolute Gasteiger partial charge is 0.413 e. The fraction of sp³-hybridized carbons (Fsp3) is 0.500. The molecule has 1 fully saturated rings. The van der Waals surface area contributed by atoms with Gasteiger partial charge in [0.05, 0.1) is 6.10 Å². The monoisotopic (exact) mass is 338 g/mol. The Morgan fingerprint density at radius 3 is 2.70 bits per heavy atom. The summed E-state index contributed by atoms with van der Waals surface area (Å²) >= 11 is 0. The molecule has 23 heavy (non-hydrogen) atoms. The molecular formula is C14H15F5N2O2. The van der Waals surface area contributed by atoms with Gasteiger partial charge in [-0.05, 0) is 18.9 Å². The van der Waals surface area contributed by atoms with E-state index in [1.807, 2.05) is 0 Å². The van der Waals surface area contributed by atoms with Crippen molar-refractivity contribution < 1.29 is 31.5 Å². The Hall–Kier alpha value is -1.90. The standard InChI is InChI=1S/C14H15F5N2O2/c15-10-5-1-4-9(11(10)16)12(14(17,18)19)21-13(22)20-7-8-3-2-6-23-8/h1,4-5,8,12H,2-3,6-7H2,(H2,20,21,22)/t8-,12+/m0/s1. The average Bonchev–Trinajstić information content (AvgIpc) is 2.98. The van der Waals surface area contributed by atoms with Crippen molar-refractivity contribution in [3.05, 3.63) is 35.4 Å². The lowest BCUT2D eigenvalue weighted by atomic mass is 10.1. The van der Waals surface area contributed by atoms with E-state index in [9.17, 15) is 26.7 Å². The average molecular weight is 338 g/mol. The van der Waals surface area contributed by atoms with Gasteiger partial charge in [-0.1, -0.05) is 12.1 Å². The Kier molecular flexibility index (Phi) is 5.40. The van der Waals surface area contributed by atoms with Crippen LogP contribution in [0, 0.1) is 11.6 Å². The van der Waals surface area contributed by atoms with E-state index in [2.05, 4.69) is 5.32 Å². The first-order valence-corrected chi connectivity index (χ1v) is 6.95. The van der Waals surface area contributed by atoms with Crippen molar-refractivity contribution in [3.8, 4) is 0 Å². The number of benzene rings is 1. The maximum absolute atomic E-state index is 13.6. The van der Waals surface area contributed by atoms with Crippen molar-refractivity contribution in [2.45, 2.75) is 31.2 Å². The quantitative estimate of drug-likeness (QED) is 0.829. The number of amides is 2. The number of hydrogen-bond acceptors (Lipinski definition) is 2. The highest BCUT2D eigenvalue weighted by Crippen LogP contribution is 2.34. The third-order valence-corrected chi connectivity index (χ3v) is 3.41. The molecule has 9 heteroatoms. The molecule has 4 nitrogen and oxygen atoms in total. The molecule has 1 aliphatic heterocycles. The molecule has 0 spiro atoms. The number of carbonyl (C=O) groups is 1. The van der Waals surface area contributed by atoms with E-state index in [4.69, 9.17) is 4.74 Å². The van der Waals surface area contributed by atoms with Gasteiger partial charge in [-0.3, -0.25) is 0 Å². The number of carbonyl (C=O) groups excluding carboxylic acids is 1. The number of alkyl halides is 3. The van der Waals surface area contributed by atoms with Crippen LogP contribution in [0.4, 0.5) is 26.7 Å². The molecule has 0 saturated carbocycles. The summed E-state index contributed by atoms with van der Waals surface area (Å²) in [6.45, 7) is 0.579. The molecule has 0 bridgehead atoms. The lowest BCUT2D eigenvalue weighted by Crippen LogP contribution is -2.45. The zero-order valence-corrected chi connectivity index (χ0v) is 11.9. The van der Waals surface area contributed by atoms with Gasteiger partial charge in [-0.25, -0.2) is 13.6 Å². The molecule has 128 valence electrons. The molecule has 1 aliphatic rings. The van der Waals surface area contributed by atoms with Crippen molar-refractivity contribution in [2.75, 3.05) is 13.2 Å². The molecule has 1 saturated heterocycles. The van der Waals surface area contributed by atoms with Gasteiger partial charge >= 0.3 is 12.2 Å². The smallest absolute Gasteiger partial charge is 0.376 e. The minimum atomic E-state index is -4.98. The zero-order chi connectivity index (χ0) is 17.0. The maximum atomic E-state index is 13.6. The van der Waals surface area contributed by atoms with Crippen LogP contribution < -0.4 is 10.6 Å². The van der Waals surface area contributed by atoms with Crippen LogP contribution in [0.1, 0.15) is 24.4 Å². The van der Waals surface area contributed by atoms with Gasteiger partial charge in [0, 0.05) is 18.7 Å². The van der Waals surface area contributed by atoms with Crippen LogP contribution in [-0.4, -0.2) is 31.5 Å². The lowest BCUT2D eigenvalue weighted by molar-refractivity contribution is -0.155. The summed E-state index contributed by atoms with van der Waals surface area (Å²) in [5.41, 5.74) is -0.982.